The fourth-order valence-corrected chi connectivity index (χ4v) is 1.93. The molecule has 0 saturated heterocycles. The summed E-state index contributed by atoms with van der Waals surface area (Å²) in [6.07, 6.45) is 1.82. The van der Waals surface area contributed by atoms with Crippen molar-refractivity contribution in [3.05, 3.63) is 41.5 Å². The van der Waals surface area contributed by atoms with Gasteiger partial charge in [0.2, 0.25) is 0 Å². The first-order valence-electron chi connectivity index (χ1n) is 6.18. The van der Waals surface area contributed by atoms with Crippen LogP contribution >= 0.6 is 0 Å². The molecule has 0 saturated carbocycles. The van der Waals surface area contributed by atoms with E-state index < -0.39 is 0 Å². The van der Waals surface area contributed by atoms with Crippen molar-refractivity contribution in [2.45, 2.75) is 33.1 Å². The summed E-state index contributed by atoms with van der Waals surface area (Å²) in [5.41, 5.74) is 2.84. The zero-order chi connectivity index (χ0) is 13.1. The molecule has 2 aromatic rings. The van der Waals surface area contributed by atoms with E-state index in [0.717, 1.165) is 12.0 Å². The Morgan fingerprint density at radius 1 is 1.33 bits per heavy atom. The predicted octanol–water partition coefficient (Wildman–Crippen LogP) is 3.98. The summed E-state index contributed by atoms with van der Waals surface area (Å²) in [5, 5.41) is 0. The van der Waals surface area contributed by atoms with E-state index >= 15 is 0 Å². The van der Waals surface area contributed by atoms with E-state index in [0.29, 0.717) is 29.5 Å². The molecule has 0 aliphatic heterocycles. The maximum absolute atomic E-state index is 10.9. The molecule has 1 unspecified atom stereocenters. The van der Waals surface area contributed by atoms with E-state index in [1.165, 1.54) is 5.56 Å². The highest BCUT2D eigenvalue weighted by Gasteiger charge is 2.12. The molecule has 3 heteroatoms. The van der Waals surface area contributed by atoms with Crippen LogP contribution in [0, 0.1) is 6.92 Å². The molecule has 0 amide bonds. The van der Waals surface area contributed by atoms with Crippen molar-refractivity contribution >= 4 is 6.29 Å². The average molecular weight is 243 g/mol. The number of carbonyl (C=O) groups excluding carboxylic acids is 1. The van der Waals surface area contributed by atoms with E-state index in [-0.39, 0.29) is 0 Å². The van der Waals surface area contributed by atoms with Crippen LogP contribution < -0.4 is 0 Å². The Kier molecular flexibility index (Phi) is 3.60. The molecular weight excluding hydrogens is 226 g/mol. The molecule has 0 bridgehead atoms. The molecule has 0 radical (unpaired) electrons. The Morgan fingerprint density at radius 3 is 2.56 bits per heavy atom. The van der Waals surface area contributed by atoms with Crippen LogP contribution in [0.2, 0.25) is 0 Å². The number of aldehydes is 1. The lowest BCUT2D eigenvalue weighted by atomic mass is 9.97. The average Bonchev–Trinajstić information content (AvgIpc) is 2.79. The van der Waals surface area contributed by atoms with Crippen LogP contribution in [-0.4, -0.2) is 11.3 Å². The summed E-state index contributed by atoms with van der Waals surface area (Å²) in [6, 6.07) is 8.15. The van der Waals surface area contributed by atoms with Gasteiger partial charge in [0, 0.05) is 12.5 Å². The summed E-state index contributed by atoms with van der Waals surface area (Å²) < 4.78 is 5.24. The minimum absolute atomic E-state index is 0.295. The second-order valence-electron chi connectivity index (χ2n) is 4.49. The van der Waals surface area contributed by atoms with Gasteiger partial charge in [-0.3, -0.25) is 4.79 Å². The molecule has 3 nitrogen and oxygen atoms in total. The van der Waals surface area contributed by atoms with Crippen molar-refractivity contribution in [1.82, 2.24) is 4.98 Å². The maximum atomic E-state index is 10.9. The molecular formula is C15H17NO2. The monoisotopic (exact) mass is 243 g/mol. The van der Waals surface area contributed by atoms with Crippen LogP contribution in [0.15, 0.2) is 28.7 Å². The number of benzene rings is 1. The van der Waals surface area contributed by atoms with Gasteiger partial charge in [0.05, 0.1) is 0 Å². The lowest BCUT2D eigenvalue weighted by Gasteiger charge is -2.08. The smallest absolute Gasteiger partial charge is 0.195 e. The van der Waals surface area contributed by atoms with Gasteiger partial charge in [-0.05, 0) is 17.9 Å². The summed E-state index contributed by atoms with van der Waals surface area (Å²) in [4.78, 5) is 15.2. The first kappa shape index (κ1) is 12.6. The largest absolute Gasteiger partial charge is 0.438 e. The molecule has 0 spiro atoms. The molecule has 1 aromatic heterocycles. The highest BCUT2D eigenvalue weighted by Crippen LogP contribution is 2.25. The fourth-order valence-electron chi connectivity index (χ4n) is 1.93. The number of hydrogen-bond donors (Lipinski definition) is 0. The summed E-state index contributed by atoms with van der Waals surface area (Å²) in [6.45, 7) is 6.11. The lowest BCUT2D eigenvalue weighted by Crippen LogP contribution is -1.91. The highest BCUT2D eigenvalue weighted by atomic mass is 16.4. The number of hydrogen-bond acceptors (Lipinski definition) is 3. The molecule has 1 heterocycles. The van der Waals surface area contributed by atoms with Crippen molar-refractivity contribution in [3.63, 3.8) is 0 Å². The molecule has 1 atom stereocenters. The third-order valence-corrected chi connectivity index (χ3v) is 3.23. The van der Waals surface area contributed by atoms with Crippen molar-refractivity contribution < 1.29 is 9.21 Å². The molecule has 0 fully saturated rings. The third-order valence-electron chi connectivity index (χ3n) is 3.23. The SMILES string of the molecule is CCC(C)c1ccc(-c2nc(C)oc2C=O)cc1. The standard InChI is InChI=1S/C15H17NO2/c1-4-10(2)12-5-7-13(8-6-12)15-14(9-17)18-11(3)16-15/h5-10H,4H2,1-3H3. The van der Waals surface area contributed by atoms with E-state index in [1.807, 2.05) is 12.1 Å². The Morgan fingerprint density at radius 2 is 2.00 bits per heavy atom. The summed E-state index contributed by atoms with van der Waals surface area (Å²) in [7, 11) is 0. The zero-order valence-electron chi connectivity index (χ0n) is 10.9. The minimum Gasteiger partial charge on any atom is -0.438 e. The van der Waals surface area contributed by atoms with Crippen LogP contribution in [0.4, 0.5) is 0 Å². The van der Waals surface area contributed by atoms with Gasteiger partial charge in [-0.25, -0.2) is 4.98 Å². The maximum Gasteiger partial charge on any atom is 0.195 e. The lowest BCUT2D eigenvalue weighted by molar-refractivity contribution is 0.110. The van der Waals surface area contributed by atoms with Crippen molar-refractivity contribution in [2.75, 3.05) is 0 Å². The van der Waals surface area contributed by atoms with Crippen LogP contribution in [0.1, 0.15) is 48.2 Å². The first-order valence-corrected chi connectivity index (χ1v) is 6.18. The van der Waals surface area contributed by atoms with Crippen LogP contribution in [-0.2, 0) is 0 Å². The zero-order valence-corrected chi connectivity index (χ0v) is 10.9. The Labute approximate surface area is 107 Å². The molecule has 0 aliphatic carbocycles. The highest BCUT2D eigenvalue weighted by molar-refractivity contribution is 5.82. The van der Waals surface area contributed by atoms with Crippen LogP contribution in [0.3, 0.4) is 0 Å². The molecule has 2 rings (SSSR count). The van der Waals surface area contributed by atoms with Crippen molar-refractivity contribution in [2.24, 2.45) is 0 Å². The van der Waals surface area contributed by atoms with Crippen LogP contribution in [0.25, 0.3) is 11.3 Å². The quantitative estimate of drug-likeness (QED) is 0.763. The topological polar surface area (TPSA) is 43.1 Å². The normalized spacial score (nSPS) is 12.4. The van der Waals surface area contributed by atoms with E-state index in [1.54, 1.807) is 6.92 Å². The Balaban J connectivity index is 2.36. The van der Waals surface area contributed by atoms with Crippen molar-refractivity contribution in [1.29, 1.82) is 0 Å². The van der Waals surface area contributed by atoms with E-state index in [2.05, 4.69) is 31.0 Å². The van der Waals surface area contributed by atoms with Gasteiger partial charge in [0.15, 0.2) is 17.9 Å². The number of oxazole rings is 1. The molecule has 18 heavy (non-hydrogen) atoms. The molecule has 0 N–H and O–H groups in total. The predicted molar refractivity (Wildman–Crippen MR) is 70.8 cm³/mol. The number of carbonyl (C=O) groups is 1. The summed E-state index contributed by atoms with van der Waals surface area (Å²) in [5.74, 6) is 1.35. The molecule has 0 aliphatic rings. The van der Waals surface area contributed by atoms with Gasteiger partial charge >= 0.3 is 0 Å². The van der Waals surface area contributed by atoms with Crippen LogP contribution in [0.5, 0.6) is 0 Å². The fraction of sp³-hybridized carbons (Fsp3) is 0.333. The first-order chi connectivity index (χ1) is 8.65. The minimum atomic E-state index is 0.295. The number of aromatic nitrogens is 1. The van der Waals surface area contributed by atoms with Gasteiger partial charge < -0.3 is 4.42 Å². The van der Waals surface area contributed by atoms with E-state index in [4.69, 9.17) is 4.42 Å². The van der Waals surface area contributed by atoms with Crippen molar-refractivity contribution in [3.8, 4) is 11.3 Å². The van der Waals surface area contributed by atoms with Gasteiger partial charge in [0.25, 0.3) is 0 Å². The molecule has 94 valence electrons. The number of aryl methyl sites for hydroxylation is 1. The van der Waals surface area contributed by atoms with Gasteiger partial charge in [-0.2, -0.15) is 0 Å². The van der Waals surface area contributed by atoms with Gasteiger partial charge in [-0.1, -0.05) is 38.1 Å². The van der Waals surface area contributed by atoms with Gasteiger partial charge in [0.1, 0.15) is 5.69 Å². The summed E-state index contributed by atoms with van der Waals surface area (Å²) >= 11 is 0. The Hall–Kier alpha value is -1.90. The molecule has 1 aromatic carbocycles. The number of nitrogens with zero attached hydrogens (tertiary/aromatic N) is 1. The van der Waals surface area contributed by atoms with E-state index in [9.17, 15) is 4.79 Å². The second-order valence-corrected chi connectivity index (χ2v) is 4.49. The Bertz CT molecular complexity index is 540. The third kappa shape index (κ3) is 2.35. The van der Waals surface area contributed by atoms with Gasteiger partial charge in [-0.15, -0.1) is 0 Å². The second kappa shape index (κ2) is 5.17. The number of rotatable bonds is 4.